The molecule has 1 aromatic rings. The van der Waals surface area contributed by atoms with Gasteiger partial charge in [-0.3, -0.25) is 20.0 Å². The zero-order valence-electron chi connectivity index (χ0n) is 13.2. The lowest BCUT2D eigenvalue weighted by molar-refractivity contribution is -0.135. The van der Waals surface area contributed by atoms with Crippen molar-refractivity contribution >= 4 is 5.91 Å². The van der Waals surface area contributed by atoms with E-state index in [-0.39, 0.29) is 11.9 Å². The standard InChI is InChI=1S/C16H22F2N4O/c1-12(13-3-2-4-19-10-13)21-5-7-22(8-6-21)15(23)14-9-16(17,18)11-20-14/h2-4,10,12,14,20H,5-9,11H2,1H3. The van der Waals surface area contributed by atoms with Gasteiger partial charge in [-0.15, -0.1) is 0 Å². The Bertz CT molecular complexity index is 546. The van der Waals surface area contributed by atoms with Crippen LogP contribution in [0.2, 0.25) is 0 Å². The van der Waals surface area contributed by atoms with Crippen molar-refractivity contribution in [2.24, 2.45) is 0 Å². The first-order chi connectivity index (χ1) is 11.0. The summed E-state index contributed by atoms with van der Waals surface area (Å²) in [5, 5.41) is 2.64. The maximum atomic E-state index is 13.2. The van der Waals surface area contributed by atoms with Crippen molar-refractivity contribution < 1.29 is 13.6 Å². The molecular weight excluding hydrogens is 302 g/mol. The monoisotopic (exact) mass is 324 g/mol. The molecule has 2 fully saturated rings. The second-order valence-electron chi connectivity index (χ2n) is 6.32. The first-order valence-electron chi connectivity index (χ1n) is 8.00. The fourth-order valence-electron chi connectivity index (χ4n) is 3.27. The topological polar surface area (TPSA) is 48.5 Å². The number of amides is 1. The minimum atomic E-state index is -2.77. The molecule has 5 nitrogen and oxygen atoms in total. The second-order valence-corrected chi connectivity index (χ2v) is 6.32. The Labute approximate surface area is 134 Å². The van der Waals surface area contributed by atoms with E-state index in [9.17, 15) is 13.6 Å². The van der Waals surface area contributed by atoms with Crippen molar-refractivity contribution in [3.8, 4) is 0 Å². The highest BCUT2D eigenvalue weighted by atomic mass is 19.3. The highest BCUT2D eigenvalue weighted by Gasteiger charge is 2.43. The lowest BCUT2D eigenvalue weighted by Crippen LogP contribution is -2.53. The minimum absolute atomic E-state index is 0.198. The third-order valence-electron chi connectivity index (χ3n) is 4.75. The summed E-state index contributed by atoms with van der Waals surface area (Å²) in [5.41, 5.74) is 1.14. The van der Waals surface area contributed by atoms with E-state index in [1.54, 1.807) is 11.1 Å². The molecule has 126 valence electrons. The lowest BCUT2D eigenvalue weighted by atomic mass is 10.1. The van der Waals surface area contributed by atoms with Crippen molar-refractivity contribution in [2.45, 2.75) is 31.4 Å². The molecule has 0 radical (unpaired) electrons. The molecule has 1 aromatic heterocycles. The third-order valence-corrected chi connectivity index (χ3v) is 4.75. The van der Waals surface area contributed by atoms with Crippen LogP contribution in [0.25, 0.3) is 0 Å². The molecule has 2 aliphatic heterocycles. The zero-order chi connectivity index (χ0) is 16.4. The Kier molecular flexibility index (Phi) is 4.59. The Hall–Kier alpha value is -1.60. The van der Waals surface area contributed by atoms with Gasteiger partial charge in [0.15, 0.2) is 0 Å². The van der Waals surface area contributed by atoms with E-state index in [1.807, 2.05) is 18.3 Å². The first-order valence-corrected chi connectivity index (χ1v) is 8.00. The second kappa shape index (κ2) is 6.49. The Morgan fingerprint density at radius 2 is 2.13 bits per heavy atom. The van der Waals surface area contributed by atoms with E-state index >= 15 is 0 Å². The number of pyridine rings is 1. The van der Waals surface area contributed by atoms with Crippen LogP contribution in [-0.4, -0.2) is 65.4 Å². The van der Waals surface area contributed by atoms with Crippen LogP contribution < -0.4 is 5.32 Å². The van der Waals surface area contributed by atoms with E-state index in [2.05, 4.69) is 22.1 Å². The summed E-state index contributed by atoms with van der Waals surface area (Å²) in [7, 11) is 0. The summed E-state index contributed by atoms with van der Waals surface area (Å²) in [6.07, 6.45) is 3.21. The van der Waals surface area contributed by atoms with Gasteiger partial charge < -0.3 is 4.90 Å². The fraction of sp³-hybridized carbons (Fsp3) is 0.625. The third kappa shape index (κ3) is 3.67. The average molecular weight is 324 g/mol. The number of rotatable bonds is 3. The smallest absolute Gasteiger partial charge is 0.262 e. The maximum absolute atomic E-state index is 13.2. The molecule has 0 aliphatic carbocycles. The Morgan fingerprint density at radius 3 is 2.70 bits per heavy atom. The van der Waals surface area contributed by atoms with Crippen molar-refractivity contribution in [2.75, 3.05) is 32.7 Å². The number of alkyl halides is 2. The molecule has 0 bridgehead atoms. The molecule has 23 heavy (non-hydrogen) atoms. The van der Waals surface area contributed by atoms with Crippen LogP contribution in [0.3, 0.4) is 0 Å². The predicted molar refractivity (Wildman–Crippen MR) is 82.2 cm³/mol. The van der Waals surface area contributed by atoms with Gasteiger partial charge >= 0.3 is 0 Å². The molecule has 0 aromatic carbocycles. The van der Waals surface area contributed by atoms with Gasteiger partial charge in [-0.05, 0) is 18.6 Å². The van der Waals surface area contributed by atoms with Gasteiger partial charge in [-0.25, -0.2) is 8.78 Å². The average Bonchev–Trinajstić information content (AvgIpc) is 2.94. The molecule has 7 heteroatoms. The van der Waals surface area contributed by atoms with Crippen molar-refractivity contribution in [1.82, 2.24) is 20.1 Å². The SMILES string of the molecule is CC(c1cccnc1)N1CCN(C(=O)C2CC(F)(F)CN2)CC1. The van der Waals surface area contributed by atoms with Gasteiger partial charge in [0.05, 0.1) is 12.6 Å². The number of hydrogen-bond donors (Lipinski definition) is 1. The predicted octanol–water partition coefficient (Wildman–Crippen LogP) is 1.28. The molecule has 3 heterocycles. The van der Waals surface area contributed by atoms with E-state index in [0.717, 1.165) is 18.7 Å². The Balaban J connectivity index is 1.53. The minimum Gasteiger partial charge on any atom is -0.339 e. The van der Waals surface area contributed by atoms with Crippen LogP contribution in [-0.2, 0) is 4.79 Å². The highest BCUT2D eigenvalue weighted by molar-refractivity contribution is 5.82. The molecule has 1 amide bonds. The summed E-state index contributed by atoms with van der Waals surface area (Å²) >= 11 is 0. The molecule has 3 rings (SSSR count). The number of hydrogen-bond acceptors (Lipinski definition) is 4. The summed E-state index contributed by atoms with van der Waals surface area (Å²) in [5.74, 6) is -2.97. The molecule has 2 saturated heterocycles. The van der Waals surface area contributed by atoms with E-state index in [1.165, 1.54) is 0 Å². The van der Waals surface area contributed by atoms with Crippen molar-refractivity contribution in [3.63, 3.8) is 0 Å². The Morgan fingerprint density at radius 1 is 1.39 bits per heavy atom. The summed E-state index contributed by atoms with van der Waals surface area (Å²) < 4.78 is 26.5. The molecule has 2 unspecified atom stereocenters. The van der Waals surface area contributed by atoms with Gasteiger partial charge in [-0.2, -0.15) is 0 Å². The van der Waals surface area contributed by atoms with E-state index < -0.39 is 24.9 Å². The summed E-state index contributed by atoms with van der Waals surface area (Å²) in [6, 6.07) is 3.44. The molecule has 2 aliphatic rings. The number of aromatic nitrogens is 1. The van der Waals surface area contributed by atoms with Crippen molar-refractivity contribution in [1.29, 1.82) is 0 Å². The number of carbonyl (C=O) groups is 1. The van der Waals surface area contributed by atoms with Gasteiger partial charge in [-0.1, -0.05) is 6.07 Å². The van der Waals surface area contributed by atoms with Crippen LogP contribution >= 0.6 is 0 Å². The normalized spacial score (nSPS) is 26.2. The summed E-state index contributed by atoms with van der Waals surface area (Å²) in [6.45, 7) is 4.35. The highest BCUT2D eigenvalue weighted by Crippen LogP contribution is 2.27. The maximum Gasteiger partial charge on any atom is 0.262 e. The molecule has 1 N–H and O–H groups in total. The molecule has 2 atom stereocenters. The van der Waals surface area contributed by atoms with Gasteiger partial charge in [0, 0.05) is 51.0 Å². The van der Waals surface area contributed by atoms with Gasteiger partial charge in [0.2, 0.25) is 5.91 Å². The number of piperazine rings is 1. The number of carbonyl (C=O) groups excluding carboxylic acids is 1. The summed E-state index contributed by atoms with van der Waals surface area (Å²) in [4.78, 5) is 20.5. The van der Waals surface area contributed by atoms with E-state index in [4.69, 9.17) is 0 Å². The van der Waals surface area contributed by atoms with Crippen LogP contribution in [0.5, 0.6) is 0 Å². The zero-order valence-corrected chi connectivity index (χ0v) is 13.2. The van der Waals surface area contributed by atoms with Crippen LogP contribution in [0.4, 0.5) is 8.78 Å². The first kappa shape index (κ1) is 16.3. The van der Waals surface area contributed by atoms with Crippen molar-refractivity contribution in [3.05, 3.63) is 30.1 Å². The number of nitrogens with zero attached hydrogens (tertiary/aromatic N) is 3. The van der Waals surface area contributed by atoms with Gasteiger partial charge in [0.1, 0.15) is 0 Å². The fourth-order valence-corrected chi connectivity index (χ4v) is 3.27. The van der Waals surface area contributed by atoms with E-state index in [0.29, 0.717) is 13.1 Å². The number of nitrogens with one attached hydrogen (secondary N) is 1. The largest absolute Gasteiger partial charge is 0.339 e. The number of halogens is 2. The quantitative estimate of drug-likeness (QED) is 0.910. The molecule has 0 spiro atoms. The van der Waals surface area contributed by atoms with Crippen LogP contribution in [0, 0.1) is 0 Å². The van der Waals surface area contributed by atoms with Gasteiger partial charge in [0.25, 0.3) is 5.92 Å². The van der Waals surface area contributed by atoms with Crippen LogP contribution in [0.1, 0.15) is 24.9 Å². The molecular formula is C16H22F2N4O. The molecule has 0 saturated carbocycles. The lowest BCUT2D eigenvalue weighted by Gasteiger charge is -2.39. The van der Waals surface area contributed by atoms with Crippen LogP contribution in [0.15, 0.2) is 24.5 Å².